The number of carboxylic acids is 1. The van der Waals surface area contributed by atoms with Gasteiger partial charge in [-0.15, -0.1) is 6.42 Å². The van der Waals surface area contributed by atoms with Crippen molar-refractivity contribution < 1.29 is 24.6 Å². The Kier molecular flexibility index (Phi) is 7.37. The van der Waals surface area contributed by atoms with Gasteiger partial charge >= 0.3 is 5.97 Å². The molecule has 0 radical (unpaired) electrons. The second kappa shape index (κ2) is 10.5. The fourth-order valence-electron chi connectivity index (χ4n) is 8.36. The van der Waals surface area contributed by atoms with Crippen LogP contribution in [0.25, 0.3) is 0 Å². The maximum atomic E-state index is 12.4. The van der Waals surface area contributed by atoms with Gasteiger partial charge in [0.1, 0.15) is 11.6 Å². The van der Waals surface area contributed by atoms with E-state index in [0.29, 0.717) is 24.2 Å². The number of aliphatic hydroxyl groups is 1. The molecular weight excluding hydrogens is 492 g/mol. The summed E-state index contributed by atoms with van der Waals surface area (Å²) < 4.78 is 0. The molecule has 3 N–H and O–H groups in total. The molecule has 4 aliphatic rings. The second-order valence-electron chi connectivity index (χ2n) is 12.5. The molecule has 7 heteroatoms. The summed E-state index contributed by atoms with van der Waals surface area (Å²) >= 11 is 0. The molecule has 1 aromatic carbocycles. The number of terminal acetylenes is 1. The lowest BCUT2D eigenvalue weighted by molar-refractivity contribution is -0.142. The van der Waals surface area contributed by atoms with Gasteiger partial charge in [0.05, 0.1) is 5.71 Å². The first-order valence-electron chi connectivity index (χ1n) is 14.3. The summed E-state index contributed by atoms with van der Waals surface area (Å²) in [6.07, 6.45) is 15.8. The summed E-state index contributed by atoms with van der Waals surface area (Å²) in [6, 6.07) is 8.17. The van der Waals surface area contributed by atoms with Crippen molar-refractivity contribution in [2.75, 3.05) is 6.61 Å². The van der Waals surface area contributed by atoms with Gasteiger partial charge in [0, 0.05) is 11.8 Å². The van der Waals surface area contributed by atoms with Gasteiger partial charge in [0.15, 0.2) is 6.61 Å². The van der Waals surface area contributed by atoms with Gasteiger partial charge in [-0.3, -0.25) is 4.79 Å². The Labute approximate surface area is 231 Å². The molecule has 5 rings (SSSR count). The highest BCUT2D eigenvalue weighted by atomic mass is 16.6. The molecule has 0 aromatic heterocycles. The molecule has 1 amide bonds. The summed E-state index contributed by atoms with van der Waals surface area (Å²) in [4.78, 5) is 29.4. The predicted molar refractivity (Wildman–Crippen MR) is 149 cm³/mol. The summed E-state index contributed by atoms with van der Waals surface area (Å²) in [5, 5.41) is 27.5. The topological polar surface area (TPSA) is 108 Å². The SMILES string of the molecule is C#C[C@@]1(O)CC[C@@H]2[C@@H]3CCC4=CC(=NOCC(=O)N[C@@H](Cc5ccccc5)C(=O)O)CC[C@]4(C)[C@H]3CC[C@]21C. The molecule has 7 nitrogen and oxygen atoms in total. The zero-order chi connectivity index (χ0) is 27.8. The zero-order valence-electron chi connectivity index (χ0n) is 23.0. The van der Waals surface area contributed by atoms with Crippen LogP contribution < -0.4 is 5.32 Å². The molecule has 4 aliphatic carbocycles. The fourth-order valence-corrected chi connectivity index (χ4v) is 8.36. The first-order chi connectivity index (χ1) is 18.6. The van der Waals surface area contributed by atoms with E-state index in [1.54, 1.807) is 0 Å². The number of carboxylic acid groups (broad SMARTS) is 1. The van der Waals surface area contributed by atoms with Crippen LogP contribution in [0.5, 0.6) is 0 Å². The number of rotatable bonds is 7. The standard InChI is InChI=1S/C32H40N2O5/c1-4-32(38)17-14-26-24-11-10-22-19-23(12-15-30(22,2)25(24)13-16-31(26,32)3)34-39-20-28(35)33-27(29(36)37)18-21-8-6-5-7-9-21/h1,5-9,19,24-27,38H,10-18,20H2,2-3H3,(H,33,35)(H,36,37)/t24-,25+,26-,27+,30+,31-,32-/m1/s1. The Bertz CT molecular complexity index is 1220. The number of aliphatic carboxylic acids is 1. The molecule has 208 valence electrons. The number of hydrogen-bond acceptors (Lipinski definition) is 5. The van der Waals surface area contributed by atoms with Crippen molar-refractivity contribution in [1.82, 2.24) is 5.32 Å². The monoisotopic (exact) mass is 532 g/mol. The molecule has 7 atom stereocenters. The van der Waals surface area contributed by atoms with Gasteiger partial charge in [-0.1, -0.05) is 60.8 Å². The van der Waals surface area contributed by atoms with Crippen LogP contribution in [0, 0.1) is 40.9 Å². The minimum atomic E-state index is -1.09. The Morgan fingerprint density at radius 1 is 1.13 bits per heavy atom. The van der Waals surface area contributed by atoms with E-state index >= 15 is 0 Å². The molecule has 0 saturated heterocycles. The minimum Gasteiger partial charge on any atom is -0.480 e. The van der Waals surface area contributed by atoms with Gasteiger partial charge < -0.3 is 20.4 Å². The highest BCUT2D eigenvalue weighted by Crippen LogP contribution is 2.67. The average Bonchev–Trinajstić information content (AvgIpc) is 3.20. The molecule has 0 bridgehead atoms. The fraction of sp³-hybridized carbons (Fsp3) is 0.594. The average molecular weight is 533 g/mol. The normalized spacial score (nSPS) is 36.9. The highest BCUT2D eigenvalue weighted by molar-refractivity contribution is 5.96. The first kappa shape index (κ1) is 27.5. The number of carbonyl (C=O) groups excluding carboxylic acids is 1. The van der Waals surface area contributed by atoms with Crippen molar-refractivity contribution >= 4 is 17.6 Å². The lowest BCUT2D eigenvalue weighted by atomic mass is 9.46. The van der Waals surface area contributed by atoms with Gasteiger partial charge in [-0.2, -0.15) is 0 Å². The number of allylic oxidation sites excluding steroid dienone is 2. The molecule has 3 fully saturated rings. The van der Waals surface area contributed by atoms with E-state index in [1.165, 1.54) is 5.57 Å². The zero-order valence-corrected chi connectivity index (χ0v) is 23.0. The third kappa shape index (κ3) is 4.89. The third-order valence-corrected chi connectivity index (χ3v) is 10.7. The first-order valence-corrected chi connectivity index (χ1v) is 14.3. The Hall–Kier alpha value is -3.11. The van der Waals surface area contributed by atoms with Gasteiger partial charge in [0.25, 0.3) is 5.91 Å². The van der Waals surface area contributed by atoms with Crippen LogP contribution in [0.3, 0.4) is 0 Å². The van der Waals surface area contributed by atoms with Crippen LogP contribution in [0.2, 0.25) is 0 Å². The third-order valence-electron chi connectivity index (χ3n) is 10.7. The Morgan fingerprint density at radius 3 is 2.59 bits per heavy atom. The maximum Gasteiger partial charge on any atom is 0.326 e. The molecule has 0 aliphatic heterocycles. The van der Waals surface area contributed by atoms with E-state index in [9.17, 15) is 19.8 Å². The molecule has 39 heavy (non-hydrogen) atoms. The van der Waals surface area contributed by atoms with Crippen LogP contribution in [-0.4, -0.2) is 46.1 Å². The van der Waals surface area contributed by atoms with Crippen molar-refractivity contribution in [2.45, 2.75) is 83.3 Å². The summed E-state index contributed by atoms with van der Waals surface area (Å²) in [7, 11) is 0. The van der Waals surface area contributed by atoms with Gasteiger partial charge in [-0.05, 0) is 86.2 Å². The number of carbonyl (C=O) groups is 2. The second-order valence-corrected chi connectivity index (χ2v) is 12.5. The van der Waals surface area contributed by atoms with Crippen LogP contribution in [-0.2, 0) is 20.8 Å². The van der Waals surface area contributed by atoms with Crippen molar-refractivity contribution in [3.8, 4) is 12.3 Å². The largest absolute Gasteiger partial charge is 0.480 e. The number of hydrogen-bond donors (Lipinski definition) is 3. The van der Waals surface area contributed by atoms with E-state index in [-0.39, 0.29) is 23.9 Å². The smallest absolute Gasteiger partial charge is 0.326 e. The van der Waals surface area contributed by atoms with Crippen molar-refractivity contribution in [3.63, 3.8) is 0 Å². The Morgan fingerprint density at radius 2 is 1.87 bits per heavy atom. The molecule has 1 aromatic rings. The quantitative estimate of drug-likeness (QED) is 0.354. The molecular formula is C32H40N2O5. The summed E-state index contributed by atoms with van der Waals surface area (Å²) in [5.74, 6) is 2.77. The number of nitrogens with zero attached hydrogens (tertiary/aromatic N) is 1. The number of amides is 1. The lowest BCUT2D eigenvalue weighted by Gasteiger charge is -2.58. The van der Waals surface area contributed by atoms with Crippen molar-refractivity contribution in [2.24, 2.45) is 33.7 Å². The predicted octanol–water partition coefficient (Wildman–Crippen LogP) is 4.50. The van der Waals surface area contributed by atoms with Gasteiger partial charge in [-0.25, -0.2) is 4.79 Å². The van der Waals surface area contributed by atoms with Crippen LogP contribution in [0.4, 0.5) is 0 Å². The van der Waals surface area contributed by atoms with Crippen LogP contribution in [0.15, 0.2) is 47.1 Å². The number of fused-ring (bicyclic) bond motifs is 5. The van der Waals surface area contributed by atoms with E-state index in [4.69, 9.17) is 11.3 Å². The minimum absolute atomic E-state index is 0.101. The molecule has 0 spiro atoms. The van der Waals surface area contributed by atoms with Gasteiger partial charge in [0.2, 0.25) is 0 Å². The number of oxime groups is 1. The van der Waals surface area contributed by atoms with E-state index in [2.05, 4.69) is 36.3 Å². The molecule has 0 unspecified atom stereocenters. The highest BCUT2D eigenvalue weighted by Gasteiger charge is 2.63. The summed E-state index contributed by atoms with van der Waals surface area (Å²) in [6.45, 7) is 4.28. The maximum absolute atomic E-state index is 12.4. The van der Waals surface area contributed by atoms with Crippen LogP contribution in [0.1, 0.15) is 70.8 Å². The number of benzene rings is 1. The molecule has 3 saturated carbocycles. The van der Waals surface area contributed by atoms with E-state index in [0.717, 1.165) is 56.2 Å². The number of nitrogens with one attached hydrogen (secondary N) is 1. The molecule has 0 heterocycles. The lowest BCUT2D eigenvalue weighted by Crippen LogP contribution is -2.54. The van der Waals surface area contributed by atoms with Crippen molar-refractivity contribution in [3.05, 3.63) is 47.5 Å². The van der Waals surface area contributed by atoms with Crippen LogP contribution >= 0.6 is 0 Å². The van der Waals surface area contributed by atoms with E-state index in [1.807, 2.05) is 30.3 Å². The van der Waals surface area contributed by atoms with Crippen molar-refractivity contribution in [1.29, 1.82) is 0 Å². The van der Waals surface area contributed by atoms with E-state index < -0.39 is 23.5 Å². The Balaban J connectivity index is 1.20. The summed E-state index contributed by atoms with van der Waals surface area (Å²) in [5.41, 5.74) is 1.99.